The summed E-state index contributed by atoms with van der Waals surface area (Å²) >= 11 is 0. The lowest BCUT2D eigenvalue weighted by Crippen LogP contribution is -2.47. The van der Waals surface area contributed by atoms with Crippen molar-refractivity contribution >= 4 is 11.6 Å². The lowest BCUT2D eigenvalue weighted by Gasteiger charge is -2.37. The molecule has 0 saturated carbocycles. The van der Waals surface area contributed by atoms with E-state index in [1.807, 2.05) is 12.1 Å². The Morgan fingerprint density at radius 2 is 1.65 bits per heavy atom. The van der Waals surface area contributed by atoms with Crippen LogP contribution in [-0.4, -0.2) is 41.1 Å². The summed E-state index contributed by atoms with van der Waals surface area (Å²) in [6.07, 6.45) is 1.63. The minimum Gasteiger partial charge on any atom is -0.353 e. The van der Waals surface area contributed by atoms with Gasteiger partial charge >= 0.3 is 0 Å². The van der Waals surface area contributed by atoms with Crippen LogP contribution in [0, 0.1) is 25.2 Å². The highest BCUT2D eigenvalue weighted by atomic mass is 15.3. The maximum Gasteiger partial charge on any atom is 0.136 e. The van der Waals surface area contributed by atoms with Gasteiger partial charge in [-0.3, -0.25) is 0 Å². The minimum atomic E-state index is -0.0680. The Balaban J connectivity index is 1.77. The van der Waals surface area contributed by atoms with Gasteiger partial charge in [0.1, 0.15) is 23.5 Å². The first kappa shape index (κ1) is 18.1. The van der Waals surface area contributed by atoms with Gasteiger partial charge in [-0.15, -0.1) is 0 Å². The average molecular weight is 350 g/mol. The molecule has 1 saturated heterocycles. The summed E-state index contributed by atoms with van der Waals surface area (Å²) in [5.74, 6) is 2.87. The van der Waals surface area contributed by atoms with Gasteiger partial charge in [-0.05, 0) is 26.0 Å². The topological polar surface area (TPSA) is 68.9 Å². The molecule has 1 fully saturated rings. The standard InChI is InChI=1S/C20H26N6/c1-14-15(2)23-19(20(3,4)5)24-18(14)26-10-8-25(9-11-26)17-7-6-16(12-21)13-22-17/h6-7,13H,8-11H2,1-5H3. The number of piperazine rings is 1. The molecule has 6 heteroatoms. The molecule has 2 aromatic rings. The molecule has 3 rings (SSSR count). The highest BCUT2D eigenvalue weighted by molar-refractivity contribution is 5.51. The van der Waals surface area contributed by atoms with Crippen molar-refractivity contribution in [2.75, 3.05) is 36.0 Å². The number of nitriles is 1. The molecule has 0 amide bonds. The normalized spacial score (nSPS) is 15.1. The van der Waals surface area contributed by atoms with Gasteiger partial charge in [0.05, 0.1) is 5.56 Å². The van der Waals surface area contributed by atoms with E-state index in [1.54, 1.807) is 6.20 Å². The van der Waals surface area contributed by atoms with Gasteiger partial charge in [0.15, 0.2) is 0 Å². The van der Waals surface area contributed by atoms with Gasteiger partial charge in [0.25, 0.3) is 0 Å². The molecular weight excluding hydrogens is 324 g/mol. The fraction of sp³-hybridized carbons (Fsp3) is 0.500. The van der Waals surface area contributed by atoms with Crippen molar-refractivity contribution in [3.63, 3.8) is 0 Å². The molecule has 0 radical (unpaired) electrons. The molecule has 0 spiro atoms. The largest absolute Gasteiger partial charge is 0.353 e. The number of pyridine rings is 1. The maximum atomic E-state index is 8.91. The summed E-state index contributed by atoms with van der Waals surface area (Å²) < 4.78 is 0. The summed E-state index contributed by atoms with van der Waals surface area (Å²) in [7, 11) is 0. The Morgan fingerprint density at radius 3 is 2.19 bits per heavy atom. The Morgan fingerprint density at radius 1 is 1.00 bits per heavy atom. The van der Waals surface area contributed by atoms with Gasteiger partial charge in [-0.25, -0.2) is 15.0 Å². The zero-order chi connectivity index (χ0) is 18.9. The number of aromatic nitrogens is 3. The monoisotopic (exact) mass is 350 g/mol. The molecule has 0 N–H and O–H groups in total. The van der Waals surface area contributed by atoms with Crippen LogP contribution in [0.5, 0.6) is 0 Å². The summed E-state index contributed by atoms with van der Waals surface area (Å²) in [4.78, 5) is 18.6. The molecule has 6 nitrogen and oxygen atoms in total. The van der Waals surface area contributed by atoms with E-state index < -0.39 is 0 Å². The van der Waals surface area contributed by atoms with Crippen LogP contribution in [0.4, 0.5) is 11.6 Å². The molecule has 3 heterocycles. The highest BCUT2D eigenvalue weighted by Crippen LogP contribution is 2.27. The Hall–Kier alpha value is -2.68. The second kappa shape index (κ2) is 6.91. The molecule has 0 unspecified atom stereocenters. The Kier molecular flexibility index (Phi) is 4.82. The van der Waals surface area contributed by atoms with E-state index in [9.17, 15) is 0 Å². The van der Waals surface area contributed by atoms with Gasteiger partial charge in [0.2, 0.25) is 0 Å². The quantitative estimate of drug-likeness (QED) is 0.829. The first-order valence-corrected chi connectivity index (χ1v) is 9.01. The van der Waals surface area contributed by atoms with E-state index in [4.69, 9.17) is 15.2 Å². The van der Waals surface area contributed by atoms with Crippen LogP contribution >= 0.6 is 0 Å². The van der Waals surface area contributed by atoms with Crippen LogP contribution in [0.2, 0.25) is 0 Å². The summed E-state index contributed by atoms with van der Waals surface area (Å²) in [5.41, 5.74) is 2.73. The number of hydrogen-bond donors (Lipinski definition) is 0. The van der Waals surface area contributed by atoms with E-state index in [0.29, 0.717) is 5.56 Å². The molecule has 2 aromatic heterocycles. The fourth-order valence-corrected chi connectivity index (χ4v) is 3.04. The van der Waals surface area contributed by atoms with Crippen molar-refractivity contribution in [1.29, 1.82) is 5.26 Å². The summed E-state index contributed by atoms with van der Waals surface area (Å²) in [5, 5.41) is 8.91. The number of nitrogens with zero attached hydrogens (tertiary/aromatic N) is 6. The lowest BCUT2D eigenvalue weighted by atomic mass is 9.95. The van der Waals surface area contributed by atoms with Crippen LogP contribution in [0.1, 0.15) is 43.4 Å². The molecule has 1 aliphatic heterocycles. The minimum absolute atomic E-state index is 0.0680. The SMILES string of the molecule is Cc1nc(C(C)(C)C)nc(N2CCN(c3ccc(C#N)cn3)CC2)c1C. The van der Waals surface area contributed by atoms with Crippen molar-refractivity contribution in [3.8, 4) is 6.07 Å². The summed E-state index contributed by atoms with van der Waals surface area (Å²) in [6, 6.07) is 5.86. The second-order valence-corrected chi connectivity index (χ2v) is 7.82. The predicted octanol–water partition coefficient (Wildman–Crippen LogP) is 2.98. The van der Waals surface area contributed by atoms with Crippen molar-refractivity contribution in [2.24, 2.45) is 0 Å². The fourth-order valence-electron chi connectivity index (χ4n) is 3.04. The Labute approximate surface area is 155 Å². The number of hydrogen-bond acceptors (Lipinski definition) is 6. The average Bonchev–Trinajstić information content (AvgIpc) is 2.63. The molecule has 0 atom stereocenters. The van der Waals surface area contributed by atoms with Crippen molar-refractivity contribution in [2.45, 2.75) is 40.0 Å². The first-order valence-electron chi connectivity index (χ1n) is 9.01. The number of aryl methyl sites for hydroxylation is 1. The van der Waals surface area contributed by atoms with Gasteiger partial charge in [0, 0.05) is 49.0 Å². The number of rotatable bonds is 2. The van der Waals surface area contributed by atoms with E-state index >= 15 is 0 Å². The third-order valence-corrected chi connectivity index (χ3v) is 4.81. The first-order chi connectivity index (χ1) is 12.3. The molecule has 26 heavy (non-hydrogen) atoms. The van der Waals surface area contributed by atoms with Crippen molar-refractivity contribution < 1.29 is 0 Å². The highest BCUT2D eigenvalue weighted by Gasteiger charge is 2.25. The van der Waals surface area contributed by atoms with Crippen LogP contribution in [0.25, 0.3) is 0 Å². The molecule has 0 aromatic carbocycles. The zero-order valence-corrected chi connectivity index (χ0v) is 16.2. The zero-order valence-electron chi connectivity index (χ0n) is 16.2. The maximum absolute atomic E-state index is 8.91. The van der Waals surface area contributed by atoms with Gasteiger partial charge in [-0.1, -0.05) is 20.8 Å². The van der Waals surface area contributed by atoms with E-state index in [1.165, 1.54) is 0 Å². The van der Waals surface area contributed by atoms with Gasteiger partial charge in [-0.2, -0.15) is 5.26 Å². The molecular formula is C20H26N6. The molecule has 0 aliphatic carbocycles. The van der Waals surface area contributed by atoms with Crippen LogP contribution < -0.4 is 9.80 Å². The van der Waals surface area contributed by atoms with Crippen LogP contribution in [0.3, 0.4) is 0 Å². The predicted molar refractivity (Wildman–Crippen MR) is 104 cm³/mol. The third kappa shape index (κ3) is 3.62. The molecule has 0 bridgehead atoms. The van der Waals surface area contributed by atoms with Crippen LogP contribution in [-0.2, 0) is 5.41 Å². The van der Waals surface area contributed by atoms with E-state index in [0.717, 1.165) is 54.9 Å². The van der Waals surface area contributed by atoms with Crippen LogP contribution in [0.15, 0.2) is 18.3 Å². The van der Waals surface area contributed by atoms with Crippen molar-refractivity contribution in [3.05, 3.63) is 41.0 Å². The Bertz CT molecular complexity index is 821. The van der Waals surface area contributed by atoms with Crippen molar-refractivity contribution in [1.82, 2.24) is 15.0 Å². The van der Waals surface area contributed by atoms with Gasteiger partial charge < -0.3 is 9.80 Å². The summed E-state index contributed by atoms with van der Waals surface area (Å²) in [6.45, 7) is 14.2. The third-order valence-electron chi connectivity index (χ3n) is 4.81. The molecule has 1 aliphatic rings. The van der Waals surface area contributed by atoms with E-state index in [-0.39, 0.29) is 5.41 Å². The number of anilines is 2. The second-order valence-electron chi connectivity index (χ2n) is 7.82. The lowest BCUT2D eigenvalue weighted by molar-refractivity contribution is 0.538. The molecule has 136 valence electrons. The smallest absolute Gasteiger partial charge is 0.136 e. The van der Waals surface area contributed by atoms with E-state index in [2.05, 4.69) is 55.5 Å².